The molecule has 0 bridgehead atoms. The van der Waals surface area contributed by atoms with Crippen molar-refractivity contribution in [3.05, 3.63) is 75.5 Å². The van der Waals surface area contributed by atoms with Gasteiger partial charge in [-0.15, -0.1) is 0 Å². The van der Waals surface area contributed by atoms with Crippen LogP contribution in [-0.2, 0) is 17.9 Å². The molecule has 0 aliphatic heterocycles. The largest absolute Gasteiger partial charge is 0.340 e. The molecular formula is C18H15ClFN3O2. The number of aromatic nitrogens is 2. The Labute approximate surface area is 148 Å². The number of rotatable bonds is 4. The molecule has 0 spiro atoms. The molecule has 0 saturated carbocycles. The molecule has 0 atom stereocenters. The fourth-order valence-electron chi connectivity index (χ4n) is 2.46. The summed E-state index contributed by atoms with van der Waals surface area (Å²) in [6, 6.07) is 10.8. The van der Waals surface area contributed by atoms with Crippen LogP contribution in [0, 0.1) is 5.82 Å². The highest BCUT2D eigenvalue weighted by molar-refractivity contribution is 6.31. The van der Waals surface area contributed by atoms with Crippen molar-refractivity contribution < 1.29 is 9.18 Å². The molecule has 0 saturated heterocycles. The minimum absolute atomic E-state index is 0.133. The van der Waals surface area contributed by atoms with E-state index < -0.39 is 0 Å². The molecule has 7 heteroatoms. The van der Waals surface area contributed by atoms with Crippen molar-refractivity contribution in [3.63, 3.8) is 0 Å². The van der Waals surface area contributed by atoms with Gasteiger partial charge in [-0.1, -0.05) is 23.7 Å². The molecule has 0 aliphatic rings. The Morgan fingerprint density at radius 1 is 1.24 bits per heavy atom. The van der Waals surface area contributed by atoms with Crippen molar-refractivity contribution in [1.29, 1.82) is 0 Å². The third kappa shape index (κ3) is 3.85. The first kappa shape index (κ1) is 17.1. The van der Waals surface area contributed by atoms with Crippen molar-refractivity contribution in [2.75, 3.05) is 7.05 Å². The summed E-state index contributed by atoms with van der Waals surface area (Å²) in [5, 5.41) is 0.799. The maximum absolute atomic E-state index is 12.9. The quantitative estimate of drug-likeness (QED) is 0.719. The van der Waals surface area contributed by atoms with E-state index in [0.717, 1.165) is 5.56 Å². The molecule has 1 aromatic heterocycles. The fraction of sp³-hybridized carbons (Fsp3) is 0.167. The van der Waals surface area contributed by atoms with Gasteiger partial charge in [-0.05, 0) is 35.9 Å². The Hall–Kier alpha value is -2.73. The highest BCUT2D eigenvalue weighted by atomic mass is 35.5. The minimum atomic E-state index is -0.329. The number of carbonyl (C=O) groups excluding carboxylic acids is 1. The number of nitrogens with zero attached hydrogens (tertiary/aromatic N) is 3. The van der Waals surface area contributed by atoms with Crippen LogP contribution in [0.1, 0.15) is 5.56 Å². The second-order valence-corrected chi connectivity index (χ2v) is 6.15. The zero-order chi connectivity index (χ0) is 18.0. The van der Waals surface area contributed by atoms with Crippen LogP contribution in [0.3, 0.4) is 0 Å². The summed E-state index contributed by atoms with van der Waals surface area (Å²) < 4.78 is 14.2. The molecule has 1 heterocycles. The van der Waals surface area contributed by atoms with E-state index in [0.29, 0.717) is 22.5 Å². The van der Waals surface area contributed by atoms with E-state index in [1.165, 1.54) is 34.0 Å². The average molecular weight is 360 g/mol. The highest BCUT2D eigenvalue weighted by Gasteiger charge is 2.13. The third-order valence-electron chi connectivity index (χ3n) is 3.85. The second kappa shape index (κ2) is 7.03. The maximum Gasteiger partial charge on any atom is 0.261 e. The number of amides is 1. The lowest BCUT2D eigenvalue weighted by Gasteiger charge is -2.18. The van der Waals surface area contributed by atoms with E-state index in [4.69, 9.17) is 11.6 Å². The van der Waals surface area contributed by atoms with Gasteiger partial charge in [0.05, 0.1) is 17.2 Å². The minimum Gasteiger partial charge on any atom is -0.340 e. The number of likely N-dealkylation sites (N-methyl/N-ethyl adjacent to an activating group) is 1. The first-order valence-corrected chi connectivity index (χ1v) is 7.95. The number of carbonyl (C=O) groups is 1. The van der Waals surface area contributed by atoms with Crippen molar-refractivity contribution in [3.8, 4) is 0 Å². The van der Waals surface area contributed by atoms with Crippen molar-refractivity contribution in [2.45, 2.75) is 13.1 Å². The second-order valence-electron chi connectivity index (χ2n) is 5.72. The van der Waals surface area contributed by atoms with Crippen LogP contribution in [0.25, 0.3) is 10.9 Å². The van der Waals surface area contributed by atoms with Crippen LogP contribution in [-0.4, -0.2) is 27.4 Å². The predicted molar refractivity (Wildman–Crippen MR) is 93.9 cm³/mol. The van der Waals surface area contributed by atoms with E-state index in [1.54, 1.807) is 31.3 Å². The van der Waals surface area contributed by atoms with Crippen LogP contribution >= 0.6 is 11.6 Å². The Morgan fingerprint density at radius 2 is 1.96 bits per heavy atom. The van der Waals surface area contributed by atoms with Gasteiger partial charge in [0.15, 0.2) is 0 Å². The van der Waals surface area contributed by atoms with Gasteiger partial charge in [0.25, 0.3) is 5.56 Å². The standard InChI is InChI=1S/C18H15ClFN3O2/c1-22(9-12-2-5-14(20)6-3-12)17(24)10-23-11-21-16-7-4-13(19)8-15(16)18(23)25/h2-8,11H,9-10H2,1H3. The van der Waals surface area contributed by atoms with E-state index in [-0.39, 0.29) is 23.8 Å². The molecule has 0 aliphatic carbocycles. The Balaban J connectivity index is 1.78. The molecule has 25 heavy (non-hydrogen) atoms. The van der Waals surface area contributed by atoms with Crippen molar-refractivity contribution in [2.24, 2.45) is 0 Å². The first-order chi connectivity index (χ1) is 11.9. The van der Waals surface area contributed by atoms with Crippen LogP contribution in [0.15, 0.2) is 53.6 Å². The topological polar surface area (TPSA) is 55.2 Å². The van der Waals surface area contributed by atoms with Crippen LogP contribution in [0.5, 0.6) is 0 Å². The predicted octanol–water partition coefficient (Wildman–Crippen LogP) is 2.85. The van der Waals surface area contributed by atoms with E-state index >= 15 is 0 Å². The van der Waals surface area contributed by atoms with Crippen LogP contribution < -0.4 is 5.56 Å². The summed E-state index contributed by atoms with van der Waals surface area (Å²) >= 11 is 5.92. The molecule has 0 N–H and O–H groups in total. The molecule has 5 nitrogen and oxygen atoms in total. The SMILES string of the molecule is CN(Cc1ccc(F)cc1)C(=O)Cn1cnc2ccc(Cl)cc2c1=O. The van der Waals surface area contributed by atoms with Crippen molar-refractivity contribution in [1.82, 2.24) is 14.5 Å². The Morgan fingerprint density at radius 3 is 2.68 bits per heavy atom. The summed E-state index contributed by atoms with van der Waals surface area (Å²) in [6.45, 7) is 0.187. The number of fused-ring (bicyclic) bond motifs is 1. The maximum atomic E-state index is 12.9. The highest BCUT2D eigenvalue weighted by Crippen LogP contribution is 2.14. The molecule has 0 unspecified atom stereocenters. The summed E-state index contributed by atoms with van der Waals surface area (Å²) in [5.41, 5.74) is 1.00. The number of hydrogen-bond acceptors (Lipinski definition) is 3. The van der Waals surface area contributed by atoms with Gasteiger partial charge in [0, 0.05) is 18.6 Å². The van der Waals surface area contributed by atoms with E-state index in [9.17, 15) is 14.0 Å². The molecule has 0 radical (unpaired) electrons. The molecule has 3 aromatic rings. The van der Waals surface area contributed by atoms with E-state index in [1.807, 2.05) is 0 Å². The average Bonchev–Trinajstić information content (AvgIpc) is 2.59. The van der Waals surface area contributed by atoms with Gasteiger partial charge in [-0.3, -0.25) is 14.2 Å². The summed E-state index contributed by atoms with van der Waals surface area (Å²) in [7, 11) is 1.63. The molecule has 1 amide bonds. The van der Waals surface area contributed by atoms with Gasteiger partial charge in [-0.25, -0.2) is 9.37 Å². The zero-order valence-corrected chi connectivity index (χ0v) is 14.2. The summed E-state index contributed by atoms with van der Waals surface area (Å²) in [5.74, 6) is -0.584. The molecule has 2 aromatic carbocycles. The molecule has 128 valence electrons. The summed E-state index contributed by atoms with van der Waals surface area (Å²) in [6.07, 6.45) is 1.35. The first-order valence-electron chi connectivity index (χ1n) is 7.57. The zero-order valence-electron chi connectivity index (χ0n) is 13.4. The van der Waals surface area contributed by atoms with Gasteiger partial charge in [0.2, 0.25) is 5.91 Å². The number of benzene rings is 2. The van der Waals surface area contributed by atoms with Gasteiger partial charge >= 0.3 is 0 Å². The van der Waals surface area contributed by atoms with E-state index in [2.05, 4.69) is 4.98 Å². The molecular weight excluding hydrogens is 345 g/mol. The molecule has 3 rings (SSSR count). The summed E-state index contributed by atoms with van der Waals surface area (Å²) in [4.78, 5) is 30.5. The van der Waals surface area contributed by atoms with Gasteiger partial charge < -0.3 is 4.90 Å². The lowest BCUT2D eigenvalue weighted by atomic mass is 10.2. The lowest BCUT2D eigenvalue weighted by molar-refractivity contribution is -0.131. The smallest absolute Gasteiger partial charge is 0.261 e. The van der Waals surface area contributed by atoms with Gasteiger partial charge in [-0.2, -0.15) is 0 Å². The van der Waals surface area contributed by atoms with Gasteiger partial charge in [0.1, 0.15) is 12.4 Å². The molecule has 0 fully saturated rings. The normalized spacial score (nSPS) is 10.8. The third-order valence-corrected chi connectivity index (χ3v) is 4.09. The fourth-order valence-corrected chi connectivity index (χ4v) is 2.63. The lowest BCUT2D eigenvalue weighted by Crippen LogP contribution is -2.33. The number of halogens is 2. The van der Waals surface area contributed by atoms with Crippen LogP contribution in [0.4, 0.5) is 4.39 Å². The Kier molecular flexibility index (Phi) is 4.81. The Bertz CT molecular complexity index is 986. The van der Waals surface area contributed by atoms with Crippen LogP contribution in [0.2, 0.25) is 5.02 Å². The van der Waals surface area contributed by atoms with Crippen molar-refractivity contribution >= 4 is 28.4 Å². The number of hydrogen-bond donors (Lipinski definition) is 0. The monoisotopic (exact) mass is 359 g/mol.